The number of hydrogen-bond acceptors (Lipinski definition) is 5. The fraction of sp³-hybridized carbons (Fsp3) is 0.394. The molecule has 3 aromatic rings. The first kappa shape index (κ1) is 35.2. The summed E-state index contributed by atoms with van der Waals surface area (Å²) >= 11 is 0. The van der Waals surface area contributed by atoms with Crippen molar-refractivity contribution in [2.45, 2.75) is 57.2 Å². The van der Waals surface area contributed by atoms with Gasteiger partial charge in [0.25, 0.3) is 0 Å². The van der Waals surface area contributed by atoms with Crippen molar-refractivity contribution in [3.05, 3.63) is 83.9 Å². The normalized spacial score (nSPS) is 12.7. The van der Waals surface area contributed by atoms with Gasteiger partial charge in [0.15, 0.2) is 0 Å². The summed E-state index contributed by atoms with van der Waals surface area (Å²) in [6.07, 6.45) is 2.46. The summed E-state index contributed by atoms with van der Waals surface area (Å²) < 4.78 is 0. The zero-order chi connectivity index (χ0) is 30.5. The number of carbonyl (C=O) groups excluding carboxylic acids is 4. The summed E-state index contributed by atoms with van der Waals surface area (Å²) in [7, 11) is 4.91. The highest BCUT2D eigenvalue weighted by atomic mass is 35.5. The number of unbranched alkanes of at least 4 members (excludes halogenated alkanes) is 1. The lowest BCUT2D eigenvalue weighted by Crippen LogP contribution is -2.57. The zero-order valence-electron chi connectivity index (χ0n) is 25.4. The van der Waals surface area contributed by atoms with Crippen LogP contribution in [0, 0.1) is 0 Å². The highest BCUT2D eigenvalue weighted by molar-refractivity contribution is 5.93. The lowest BCUT2D eigenvalue weighted by molar-refractivity contribution is -0.141. The number of benzene rings is 3. The van der Waals surface area contributed by atoms with Crippen LogP contribution in [0.5, 0.6) is 0 Å². The molecule has 0 aliphatic heterocycles. The maximum Gasteiger partial charge on any atom is 0.243 e. The fourth-order valence-electron chi connectivity index (χ4n) is 5.01. The number of halogens is 1. The molecule has 0 fully saturated rings. The van der Waals surface area contributed by atoms with E-state index >= 15 is 0 Å². The van der Waals surface area contributed by atoms with Crippen LogP contribution in [-0.2, 0) is 32.0 Å². The van der Waals surface area contributed by atoms with E-state index in [2.05, 4.69) is 33.4 Å². The van der Waals surface area contributed by atoms with Gasteiger partial charge in [-0.25, -0.2) is 0 Å². The molecule has 0 saturated heterocycles. The monoisotopic (exact) mass is 609 g/mol. The smallest absolute Gasteiger partial charge is 0.243 e. The number of carbonyl (C=O) groups is 4. The largest absolute Gasteiger partial charge is 0.357 e. The van der Waals surface area contributed by atoms with Crippen LogP contribution in [0.3, 0.4) is 0 Å². The molecule has 10 heteroatoms. The molecule has 0 bridgehead atoms. The second-order valence-corrected chi connectivity index (χ2v) is 10.5. The van der Waals surface area contributed by atoms with E-state index in [-0.39, 0.29) is 30.1 Å². The van der Waals surface area contributed by atoms with Gasteiger partial charge in [0, 0.05) is 34.0 Å². The van der Waals surface area contributed by atoms with E-state index < -0.39 is 24.0 Å². The molecule has 0 aliphatic carbocycles. The standard InChI is InChI=1S/C33H43N5O4.ClH/c1-23(39)36-19-11-10-16-28(31(40)35-3)37-32(41)30(22-24-12-6-5-7-13-24)38(4)33(42)29(34-2)21-25-17-18-26-14-8-9-15-27(26)20-25;/h5-9,12-15,17-18,20,28-30,34H,10-11,16,19,21-22H2,1-4H3,(H,35,40)(H,36,39)(H,37,41);1H/t28-,29+,30+;/m0./s1. The number of rotatable bonds is 15. The van der Waals surface area contributed by atoms with Gasteiger partial charge in [0.2, 0.25) is 23.6 Å². The van der Waals surface area contributed by atoms with Gasteiger partial charge in [0.1, 0.15) is 12.1 Å². The van der Waals surface area contributed by atoms with Crippen LogP contribution in [0.25, 0.3) is 10.8 Å². The van der Waals surface area contributed by atoms with E-state index in [1.807, 2.05) is 60.7 Å². The van der Waals surface area contributed by atoms with Gasteiger partial charge in [-0.15, -0.1) is 12.4 Å². The minimum Gasteiger partial charge on any atom is -0.357 e. The first-order valence-electron chi connectivity index (χ1n) is 14.5. The van der Waals surface area contributed by atoms with Gasteiger partial charge in [-0.3, -0.25) is 19.2 Å². The summed E-state index contributed by atoms with van der Waals surface area (Å²) in [4.78, 5) is 52.9. The molecule has 0 spiro atoms. The van der Waals surface area contributed by atoms with E-state index in [9.17, 15) is 19.2 Å². The van der Waals surface area contributed by atoms with Crippen molar-refractivity contribution in [3.8, 4) is 0 Å². The Morgan fingerprint density at radius 1 is 0.767 bits per heavy atom. The van der Waals surface area contributed by atoms with Crippen LogP contribution < -0.4 is 21.3 Å². The Labute approximate surface area is 260 Å². The van der Waals surface area contributed by atoms with Gasteiger partial charge in [-0.05, 0) is 54.6 Å². The number of amides is 4. The highest BCUT2D eigenvalue weighted by Gasteiger charge is 2.33. The van der Waals surface area contributed by atoms with Crippen LogP contribution in [0.2, 0.25) is 0 Å². The van der Waals surface area contributed by atoms with Crippen molar-refractivity contribution in [1.82, 2.24) is 26.2 Å². The molecule has 232 valence electrons. The number of likely N-dealkylation sites (N-methyl/N-ethyl adjacent to an activating group) is 3. The Balaban J connectivity index is 0.00000645. The lowest BCUT2D eigenvalue weighted by atomic mass is 9.99. The van der Waals surface area contributed by atoms with Crippen molar-refractivity contribution >= 4 is 46.8 Å². The van der Waals surface area contributed by atoms with Crippen molar-refractivity contribution in [2.24, 2.45) is 0 Å². The fourth-order valence-corrected chi connectivity index (χ4v) is 5.01. The molecule has 0 unspecified atom stereocenters. The summed E-state index contributed by atoms with van der Waals surface area (Å²) in [5.41, 5.74) is 1.91. The minimum absolute atomic E-state index is 0. The van der Waals surface area contributed by atoms with Crippen LogP contribution in [0.1, 0.15) is 37.3 Å². The number of fused-ring (bicyclic) bond motifs is 1. The van der Waals surface area contributed by atoms with Gasteiger partial charge in [-0.2, -0.15) is 0 Å². The third kappa shape index (κ3) is 10.7. The predicted molar refractivity (Wildman–Crippen MR) is 173 cm³/mol. The van der Waals surface area contributed by atoms with Crippen molar-refractivity contribution in [1.29, 1.82) is 0 Å². The van der Waals surface area contributed by atoms with Gasteiger partial charge < -0.3 is 26.2 Å². The summed E-state index contributed by atoms with van der Waals surface area (Å²) in [6, 6.07) is 21.6. The first-order chi connectivity index (χ1) is 20.2. The van der Waals surface area contributed by atoms with E-state index in [4.69, 9.17) is 0 Å². The molecule has 4 N–H and O–H groups in total. The van der Waals surface area contributed by atoms with E-state index in [0.717, 1.165) is 21.9 Å². The molecule has 3 rings (SSSR count). The van der Waals surface area contributed by atoms with E-state index in [0.29, 0.717) is 38.6 Å². The maximum atomic E-state index is 13.8. The van der Waals surface area contributed by atoms with Gasteiger partial charge in [-0.1, -0.05) is 72.8 Å². The minimum atomic E-state index is -0.834. The maximum absolute atomic E-state index is 13.8. The highest BCUT2D eigenvalue weighted by Crippen LogP contribution is 2.18. The molecule has 0 heterocycles. The Bertz CT molecular complexity index is 1350. The summed E-state index contributed by atoms with van der Waals surface area (Å²) in [6.45, 7) is 1.96. The SMILES string of the molecule is CNC(=O)[C@H](CCCCNC(C)=O)NC(=O)[C@@H](Cc1ccccc1)N(C)C(=O)[C@@H](Cc1ccc2ccccc2c1)NC.Cl. The van der Waals surface area contributed by atoms with E-state index in [1.54, 1.807) is 14.1 Å². The molecule has 3 aromatic carbocycles. The molecule has 9 nitrogen and oxygen atoms in total. The summed E-state index contributed by atoms with van der Waals surface area (Å²) in [5.74, 6) is -1.03. The number of nitrogens with one attached hydrogen (secondary N) is 4. The molecule has 3 atom stereocenters. The van der Waals surface area contributed by atoms with E-state index in [1.165, 1.54) is 18.9 Å². The van der Waals surface area contributed by atoms with Gasteiger partial charge >= 0.3 is 0 Å². The number of nitrogens with zero attached hydrogens (tertiary/aromatic N) is 1. The summed E-state index contributed by atoms with van der Waals surface area (Å²) in [5, 5.41) is 13.6. The Morgan fingerprint density at radius 2 is 1.44 bits per heavy atom. The van der Waals surface area contributed by atoms with Crippen LogP contribution in [0.15, 0.2) is 72.8 Å². The molecule has 43 heavy (non-hydrogen) atoms. The van der Waals surface area contributed by atoms with Crippen molar-refractivity contribution < 1.29 is 19.2 Å². The predicted octanol–water partition coefficient (Wildman–Crippen LogP) is 3.00. The van der Waals surface area contributed by atoms with Gasteiger partial charge in [0.05, 0.1) is 6.04 Å². The second kappa shape index (κ2) is 17.9. The van der Waals surface area contributed by atoms with Crippen LogP contribution in [-0.4, -0.2) is 74.3 Å². The van der Waals surface area contributed by atoms with Crippen molar-refractivity contribution in [3.63, 3.8) is 0 Å². The van der Waals surface area contributed by atoms with Crippen molar-refractivity contribution in [2.75, 3.05) is 27.7 Å². The van der Waals surface area contributed by atoms with Crippen LogP contribution in [0.4, 0.5) is 0 Å². The Morgan fingerprint density at radius 3 is 2.09 bits per heavy atom. The molecule has 0 aromatic heterocycles. The molecular formula is C33H44ClN5O4. The topological polar surface area (TPSA) is 120 Å². The third-order valence-corrected chi connectivity index (χ3v) is 7.46. The Hall–Kier alpha value is -3.95. The zero-order valence-corrected chi connectivity index (χ0v) is 26.2. The molecule has 4 amide bonds. The molecule has 0 saturated carbocycles. The first-order valence-corrected chi connectivity index (χ1v) is 14.5. The lowest BCUT2D eigenvalue weighted by Gasteiger charge is -2.32. The average molecular weight is 610 g/mol. The molecule has 0 aliphatic rings. The average Bonchev–Trinajstić information content (AvgIpc) is 3.00. The van der Waals surface area contributed by atoms with Crippen LogP contribution >= 0.6 is 12.4 Å². The molecule has 0 radical (unpaired) electrons. The second-order valence-electron chi connectivity index (χ2n) is 10.5. The quantitative estimate of drug-likeness (QED) is 0.198. The molecular weight excluding hydrogens is 566 g/mol. The third-order valence-electron chi connectivity index (χ3n) is 7.46. The Kier molecular flexibility index (Phi) is 14.7. The number of hydrogen-bond donors (Lipinski definition) is 4.